The van der Waals surface area contributed by atoms with Crippen molar-refractivity contribution in [1.29, 1.82) is 0 Å². The number of nitrogens with zero attached hydrogens (tertiary/aromatic N) is 4. The van der Waals surface area contributed by atoms with E-state index < -0.39 is 0 Å². The lowest BCUT2D eigenvalue weighted by molar-refractivity contribution is 1.09. The van der Waals surface area contributed by atoms with E-state index in [1.807, 2.05) is 54.6 Å². The van der Waals surface area contributed by atoms with Gasteiger partial charge in [-0.2, -0.15) is 0 Å². The minimum atomic E-state index is 0.284. The van der Waals surface area contributed by atoms with Crippen LogP contribution in [0.15, 0.2) is 169 Å². The molecular formula is C49H37N5. The molecule has 0 saturated carbocycles. The van der Waals surface area contributed by atoms with Crippen LogP contribution in [0.25, 0.3) is 65.5 Å². The van der Waals surface area contributed by atoms with E-state index in [2.05, 4.69) is 137 Å². The Balaban J connectivity index is 1.35. The van der Waals surface area contributed by atoms with Crippen LogP contribution in [-0.2, 0) is 6.42 Å². The maximum absolute atomic E-state index is 8.51. The Hall–Kier alpha value is -7.16. The quantitative estimate of drug-likeness (QED) is 0.101. The Bertz CT molecular complexity index is 2990. The number of fused-ring (bicyclic) bond motifs is 6. The fourth-order valence-corrected chi connectivity index (χ4v) is 7.77. The Labute approximate surface area is 314 Å². The highest BCUT2D eigenvalue weighted by atomic mass is 15.1. The van der Waals surface area contributed by atoms with Crippen molar-refractivity contribution in [3.8, 4) is 11.4 Å². The minimum Gasteiger partial charge on any atom is -0.384 e. The number of amidine groups is 1. The van der Waals surface area contributed by atoms with Crippen molar-refractivity contribution in [1.82, 2.24) is 9.13 Å². The van der Waals surface area contributed by atoms with E-state index in [9.17, 15) is 0 Å². The van der Waals surface area contributed by atoms with E-state index in [1.165, 1.54) is 27.5 Å². The zero-order chi connectivity index (χ0) is 36.8. The van der Waals surface area contributed by atoms with Gasteiger partial charge in [-0.05, 0) is 79.9 Å². The Kier molecular flexibility index (Phi) is 8.14. The van der Waals surface area contributed by atoms with Gasteiger partial charge in [0.05, 0.1) is 45.7 Å². The average molecular weight is 696 g/mol. The van der Waals surface area contributed by atoms with E-state index in [4.69, 9.17) is 17.3 Å². The predicted molar refractivity (Wildman–Crippen MR) is 226 cm³/mol. The van der Waals surface area contributed by atoms with E-state index in [1.54, 1.807) is 0 Å². The predicted octanol–water partition coefficient (Wildman–Crippen LogP) is 12.0. The Morgan fingerprint density at radius 1 is 0.593 bits per heavy atom. The Morgan fingerprint density at radius 3 is 1.67 bits per heavy atom. The molecule has 0 bridgehead atoms. The van der Waals surface area contributed by atoms with Gasteiger partial charge < -0.3 is 14.9 Å². The molecule has 2 N–H and O–H groups in total. The standard InChI is InChI=1S/C49H37N5/c1-32-22-26-45-38(28-32)36-18-10-12-20-43(36)53(45)47-30-40(49(50)52-41(35-16-8-5-9-17-35)25-24-34-14-6-4-7-15-34)42(51-3)31-48(47)54-44-21-13-11-19-37(44)39-29-33(2)23-27-46(39)54/h4-23,25-31H,24H2,1-2H3,(H2,50,52)/b41-25-. The summed E-state index contributed by atoms with van der Waals surface area (Å²) in [6, 6.07) is 54.7. The summed E-state index contributed by atoms with van der Waals surface area (Å²) in [5.41, 5.74) is 19.4. The second-order valence-corrected chi connectivity index (χ2v) is 13.9. The van der Waals surface area contributed by atoms with Crippen molar-refractivity contribution in [3.63, 3.8) is 0 Å². The first-order valence-electron chi connectivity index (χ1n) is 18.2. The second kappa shape index (κ2) is 13.4. The van der Waals surface area contributed by atoms with Crippen LogP contribution in [0.3, 0.4) is 0 Å². The summed E-state index contributed by atoms with van der Waals surface area (Å²) in [7, 11) is 0. The molecule has 0 atom stereocenters. The third-order valence-electron chi connectivity index (χ3n) is 10.3. The minimum absolute atomic E-state index is 0.284. The molecule has 0 unspecified atom stereocenters. The fourth-order valence-electron chi connectivity index (χ4n) is 7.77. The summed E-state index contributed by atoms with van der Waals surface area (Å²) < 4.78 is 4.62. The molecule has 0 spiro atoms. The molecular weight excluding hydrogens is 659 g/mol. The normalized spacial score (nSPS) is 12.2. The van der Waals surface area contributed by atoms with Gasteiger partial charge in [-0.25, -0.2) is 9.84 Å². The number of nitrogens with two attached hydrogens (primary N) is 1. The summed E-state index contributed by atoms with van der Waals surface area (Å²) in [6.45, 7) is 12.8. The molecule has 0 aliphatic rings. The van der Waals surface area contributed by atoms with Gasteiger partial charge in [-0.3, -0.25) is 0 Å². The molecule has 7 aromatic carbocycles. The molecule has 0 fully saturated rings. The second-order valence-electron chi connectivity index (χ2n) is 13.9. The van der Waals surface area contributed by atoms with Gasteiger partial charge in [-0.1, -0.05) is 126 Å². The van der Waals surface area contributed by atoms with Crippen LogP contribution < -0.4 is 5.73 Å². The van der Waals surface area contributed by atoms with E-state index in [0.29, 0.717) is 17.7 Å². The lowest BCUT2D eigenvalue weighted by Gasteiger charge is -2.19. The first-order chi connectivity index (χ1) is 26.5. The van der Waals surface area contributed by atoms with Gasteiger partial charge in [-0.15, -0.1) is 0 Å². The molecule has 9 rings (SSSR count). The van der Waals surface area contributed by atoms with E-state index >= 15 is 0 Å². The van der Waals surface area contributed by atoms with Crippen LogP contribution in [0.2, 0.25) is 0 Å². The molecule has 0 radical (unpaired) electrons. The summed E-state index contributed by atoms with van der Waals surface area (Å²) in [6.07, 6.45) is 2.80. The first-order valence-corrected chi connectivity index (χ1v) is 18.2. The summed E-state index contributed by atoms with van der Waals surface area (Å²) >= 11 is 0. The van der Waals surface area contributed by atoms with Gasteiger partial charge >= 0.3 is 0 Å². The molecule has 0 saturated heterocycles. The summed E-state index contributed by atoms with van der Waals surface area (Å²) in [4.78, 5) is 9.21. The zero-order valence-electron chi connectivity index (χ0n) is 30.2. The number of allylic oxidation sites excluding steroid dienone is 1. The van der Waals surface area contributed by atoms with Crippen LogP contribution in [-0.4, -0.2) is 15.0 Å². The molecule has 5 heteroatoms. The Morgan fingerprint density at radius 2 is 1.09 bits per heavy atom. The molecule has 54 heavy (non-hydrogen) atoms. The lowest BCUT2D eigenvalue weighted by Crippen LogP contribution is -2.15. The summed E-state index contributed by atoms with van der Waals surface area (Å²) in [5, 5.41) is 4.65. The molecule has 0 aliphatic carbocycles. The van der Waals surface area contributed by atoms with Crippen molar-refractivity contribution in [3.05, 3.63) is 203 Å². The molecule has 2 heterocycles. The van der Waals surface area contributed by atoms with Gasteiger partial charge in [0, 0.05) is 27.1 Å². The topological polar surface area (TPSA) is 52.6 Å². The SMILES string of the molecule is [C-]#[N+]c1cc(-n2c3ccccc3c3cc(C)ccc32)c(-n2c3ccccc3c3cc(C)ccc32)cc1C(N)=N/C(=C\Cc1ccccc1)c1ccccc1. The number of hydrogen-bond acceptors (Lipinski definition) is 1. The van der Waals surface area contributed by atoms with E-state index in [0.717, 1.165) is 55.5 Å². The van der Waals surface area contributed by atoms with Crippen molar-refractivity contribution >= 4 is 60.8 Å². The molecule has 258 valence electrons. The number of hydrogen-bond donors (Lipinski definition) is 1. The molecule has 9 aromatic rings. The van der Waals surface area contributed by atoms with Crippen LogP contribution in [0.4, 0.5) is 5.69 Å². The van der Waals surface area contributed by atoms with Crippen LogP contribution >= 0.6 is 0 Å². The largest absolute Gasteiger partial charge is 0.384 e. The van der Waals surface area contributed by atoms with Crippen LogP contribution in [0, 0.1) is 20.4 Å². The van der Waals surface area contributed by atoms with E-state index in [-0.39, 0.29) is 5.84 Å². The van der Waals surface area contributed by atoms with Crippen molar-refractivity contribution < 1.29 is 0 Å². The summed E-state index contributed by atoms with van der Waals surface area (Å²) in [5.74, 6) is 0.284. The number of rotatable bonds is 7. The lowest BCUT2D eigenvalue weighted by atomic mass is 10.1. The van der Waals surface area contributed by atoms with Crippen LogP contribution in [0.5, 0.6) is 0 Å². The van der Waals surface area contributed by atoms with Crippen molar-refractivity contribution in [2.24, 2.45) is 10.7 Å². The molecule has 0 amide bonds. The highest BCUT2D eigenvalue weighted by Gasteiger charge is 2.23. The van der Waals surface area contributed by atoms with Gasteiger partial charge in [0.25, 0.3) is 0 Å². The maximum Gasteiger partial charge on any atom is 0.200 e. The molecule has 5 nitrogen and oxygen atoms in total. The highest BCUT2D eigenvalue weighted by Crippen LogP contribution is 2.41. The number of aryl methyl sites for hydroxylation is 2. The van der Waals surface area contributed by atoms with Crippen LogP contribution in [0.1, 0.15) is 27.8 Å². The first kappa shape index (κ1) is 32.7. The third-order valence-corrected chi connectivity index (χ3v) is 10.3. The highest BCUT2D eigenvalue weighted by molar-refractivity contribution is 6.13. The number of para-hydroxylation sites is 2. The fraction of sp³-hybridized carbons (Fsp3) is 0.0612. The number of aliphatic imine (C=N–C) groups is 1. The maximum atomic E-state index is 8.51. The van der Waals surface area contributed by atoms with Gasteiger partial charge in [0.2, 0.25) is 0 Å². The number of aromatic nitrogens is 2. The van der Waals surface area contributed by atoms with Crippen molar-refractivity contribution in [2.45, 2.75) is 20.3 Å². The van der Waals surface area contributed by atoms with Gasteiger partial charge in [0.1, 0.15) is 5.84 Å². The van der Waals surface area contributed by atoms with Gasteiger partial charge in [0.15, 0.2) is 5.69 Å². The number of benzene rings is 7. The molecule has 2 aromatic heterocycles. The zero-order valence-corrected chi connectivity index (χ0v) is 30.2. The monoisotopic (exact) mass is 695 g/mol. The average Bonchev–Trinajstić information content (AvgIpc) is 3.71. The smallest absolute Gasteiger partial charge is 0.200 e. The molecule has 0 aliphatic heterocycles. The van der Waals surface area contributed by atoms with Crippen molar-refractivity contribution in [2.75, 3.05) is 0 Å². The third kappa shape index (κ3) is 5.62.